The Labute approximate surface area is 152 Å². The number of nitrogens with zero attached hydrogens (tertiary/aromatic N) is 1. The lowest BCUT2D eigenvalue weighted by Crippen LogP contribution is -2.32. The molecule has 2 amide bonds. The van der Waals surface area contributed by atoms with Gasteiger partial charge in [-0.2, -0.15) is 0 Å². The first-order chi connectivity index (χ1) is 12.6. The predicted molar refractivity (Wildman–Crippen MR) is 98.3 cm³/mol. The monoisotopic (exact) mass is 354 g/mol. The third-order valence-electron chi connectivity index (χ3n) is 4.51. The largest absolute Gasteiger partial charge is 0.497 e. The van der Waals surface area contributed by atoms with Crippen LogP contribution in [0.5, 0.6) is 11.5 Å². The van der Waals surface area contributed by atoms with E-state index in [1.165, 1.54) is 0 Å². The summed E-state index contributed by atoms with van der Waals surface area (Å²) in [6.45, 7) is 0.815. The van der Waals surface area contributed by atoms with Gasteiger partial charge in [0.1, 0.15) is 11.5 Å². The van der Waals surface area contributed by atoms with E-state index in [0.717, 1.165) is 22.7 Å². The van der Waals surface area contributed by atoms with Gasteiger partial charge in [-0.1, -0.05) is 12.1 Å². The van der Waals surface area contributed by atoms with E-state index in [2.05, 4.69) is 5.32 Å². The Balaban J connectivity index is 1.57. The van der Waals surface area contributed by atoms with Crippen LogP contribution in [0.2, 0.25) is 0 Å². The third kappa shape index (κ3) is 3.96. The van der Waals surface area contributed by atoms with Gasteiger partial charge in [-0.25, -0.2) is 0 Å². The molecule has 0 saturated carbocycles. The van der Waals surface area contributed by atoms with Crippen LogP contribution in [0.3, 0.4) is 0 Å². The molecule has 1 unspecified atom stereocenters. The minimum absolute atomic E-state index is 0.0419. The molecule has 136 valence electrons. The molecule has 6 heteroatoms. The summed E-state index contributed by atoms with van der Waals surface area (Å²) in [6, 6.07) is 14.8. The van der Waals surface area contributed by atoms with Gasteiger partial charge in [0, 0.05) is 25.2 Å². The fraction of sp³-hybridized carbons (Fsp3) is 0.300. The van der Waals surface area contributed by atoms with E-state index in [1.807, 2.05) is 36.4 Å². The zero-order chi connectivity index (χ0) is 18.5. The lowest BCUT2D eigenvalue weighted by atomic mass is 10.1. The maximum atomic E-state index is 12.4. The Morgan fingerprint density at radius 1 is 1.04 bits per heavy atom. The van der Waals surface area contributed by atoms with Crippen molar-refractivity contribution in [2.24, 2.45) is 5.92 Å². The van der Waals surface area contributed by atoms with E-state index in [9.17, 15) is 9.59 Å². The van der Waals surface area contributed by atoms with E-state index < -0.39 is 0 Å². The highest BCUT2D eigenvalue weighted by molar-refractivity contribution is 6.00. The fourth-order valence-corrected chi connectivity index (χ4v) is 2.97. The van der Waals surface area contributed by atoms with Crippen LogP contribution in [0.15, 0.2) is 48.5 Å². The molecule has 1 aliphatic rings. The quantitative estimate of drug-likeness (QED) is 0.865. The van der Waals surface area contributed by atoms with Crippen LogP contribution in [0, 0.1) is 5.92 Å². The molecule has 0 aromatic heterocycles. The molecule has 2 aromatic rings. The zero-order valence-electron chi connectivity index (χ0n) is 14.9. The smallest absolute Gasteiger partial charge is 0.227 e. The van der Waals surface area contributed by atoms with Crippen molar-refractivity contribution in [3.63, 3.8) is 0 Å². The van der Waals surface area contributed by atoms with Crippen LogP contribution in [0.25, 0.3) is 0 Å². The maximum Gasteiger partial charge on any atom is 0.227 e. The van der Waals surface area contributed by atoms with Crippen LogP contribution in [-0.2, 0) is 16.1 Å². The summed E-state index contributed by atoms with van der Waals surface area (Å²) < 4.78 is 10.2. The van der Waals surface area contributed by atoms with Gasteiger partial charge in [-0.3, -0.25) is 9.59 Å². The molecule has 0 aliphatic carbocycles. The summed E-state index contributed by atoms with van der Waals surface area (Å²) in [6.07, 6.45) is 0.223. The van der Waals surface area contributed by atoms with Crippen molar-refractivity contribution in [3.05, 3.63) is 54.1 Å². The van der Waals surface area contributed by atoms with Gasteiger partial charge in [-0.15, -0.1) is 0 Å². The molecule has 0 radical (unpaired) electrons. The predicted octanol–water partition coefficient (Wildman–Crippen LogP) is 2.37. The molecular weight excluding hydrogens is 332 g/mol. The second-order valence-electron chi connectivity index (χ2n) is 6.17. The second-order valence-corrected chi connectivity index (χ2v) is 6.17. The van der Waals surface area contributed by atoms with Gasteiger partial charge in [0.2, 0.25) is 11.8 Å². The van der Waals surface area contributed by atoms with Crippen LogP contribution in [-0.4, -0.2) is 32.6 Å². The van der Waals surface area contributed by atoms with Gasteiger partial charge < -0.3 is 19.7 Å². The summed E-state index contributed by atoms with van der Waals surface area (Å²) in [5.74, 6) is 1.01. The highest BCUT2D eigenvalue weighted by atomic mass is 16.5. The van der Waals surface area contributed by atoms with Crippen molar-refractivity contribution in [2.45, 2.75) is 13.0 Å². The van der Waals surface area contributed by atoms with Crippen LogP contribution in [0.1, 0.15) is 12.0 Å². The number of hydrogen-bond donors (Lipinski definition) is 1. The summed E-state index contributed by atoms with van der Waals surface area (Å²) >= 11 is 0. The van der Waals surface area contributed by atoms with Crippen LogP contribution >= 0.6 is 0 Å². The van der Waals surface area contributed by atoms with E-state index in [-0.39, 0.29) is 24.2 Å². The topological polar surface area (TPSA) is 67.9 Å². The average Bonchev–Trinajstić information content (AvgIpc) is 3.08. The Bertz CT molecular complexity index is 771. The van der Waals surface area contributed by atoms with E-state index in [4.69, 9.17) is 9.47 Å². The number of carbonyl (C=O) groups is 2. The first kappa shape index (κ1) is 17.8. The Kier molecular flexibility index (Phi) is 5.41. The summed E-state index contributed by atoms with van der Waals surface area (Å²) in [4.78, 5) is 26.4. The van der Waals surface area contributed by atoms with Crippen LogP contribution < -0.4 is 19.7 Å². The van der Waals surface area contributed by atoms with Crippen LogP contribution in [0.4, 0.5) is 5.69 Å². The van der Waals surface area contributed by atoms with Crippen molar-refractivity contribution in [2.75, 3.05) is 25.7 Å². The molecule has 1 N–H and O–H groups in total. The summed E-state index contributed by atoms with van der Waals surface area (Å²) in [5, 5.41) is 2.91. The molecule has 0 spiro atoms. The normalized spacial score (nSPS) is 16.5. The number of carbonyl (C=O) groups excluding carboxylic acids is 2. The molecule has 1 fully saturated rings. The highest BCUT2D eigenvalue weighted by Crippen LogP contribution is 2.27. The lowest BCUT2D eigenvalue weighted by Gasteiger charge is -2.17. The van der Waals surface area contributed by atoms with Gasteiger partial charge in [0.15, 0.2) is 0 Å². The van der Waals surface area contributed by atoms with Crippen molar-refractivity contribution >= 4 is 17.5 Å². The number of rotatable bonds is 6. The molecule has 3 rings (SSSR count). The first-order valence-corrected chi connectivity index (χ1v) is 8.46. The molecule has 0 bridgehead atoms. The number of anilines is 1. The van der Waals surface area contributed by atoms with Gasteiger partial charge in [-0.05, 0) is 42.0 Å². The summed E-state index contributed by atoms with van der Waals surface area (Å²) in [5.41, 5.74) is 1.76. The second kappa shape index (κ2) is 7.91. The molecule has 2 aromatic carbocycles. The number of benzene rings is 2. The van der Waals surface area contributed by atoms with Gasteiger partial charge in [0.05, 0.1) is 20.1 Å². The SMILES string of the molecule is COc1ccc(CNC(=O)C2CC(=O)N(c3ccc(OC)cc3)C2)cc1. The highest BCUT2D eigenvalue weighted by Gasteiger charge is 2.34. The lowest BCUT2D eigenvalue weighted by molar-refractivity contribution is -0.126. The van der Waals surface area contributed by atoms with Crippen molar-refractivity contribution < 1.29 is 19.1 Å². The molecule has 1 atom stereocenters. The maximum absolute atomic E-state index is 12.4. The number of methoxy groups -OCH3 is 2. The molecule has 1 heterocycles. The minimum Gasteiger partial charge on any atom is -0.497 e. The first-order valence-electron chi connectivity index (χ1n) is 8.46. The van der Waals surface area contributed by atoms with Crippen molar-refractivity contribution in [1.29, 1.82) is 0 Å². The Hall–Kier alpha value is -3.02. The fourth-order valence-electron chi connectivity index (χ4n) is 2.97. The number of amides is 2. The third-order valence-corrected chi connectivity index (χ3v) is 4.51. The number of nitrogens with one attached hydrogen (secondary N) is 1. The van der Waals surface area contributed by atoms with Crippen molar-refractivity contribution in [1.82, 2.24) is 5.32 Å². The van der Waals surface area contributed by atoms with Crippen molar-refractivity contribution in [3.8, 4) is 11.5 Å². The molecule has 1 aliphatic heterocycles. The Morgan fingerprint density at radius 2 is 1.62 bits per heavy atom. The van der Waals surface area contributed by atoms with E-state index in [1.54, 1.807) is 31.3 Å². The standard InChI is InChI=1S/C20H22N2O4/c1-25-17-7-3-14(4-8-17)12-21-20(24)15-11-19(23)22(13-15)16-5-9-18(26-2)10-6-16/h3-10,15H,11-13H2,1-2H3,(H,21,24). The number of ether oxygens (including phenoxy) is 2. The Morgan fingerprint density at radius 3 is 2.19 bits per heavy atom. The number of hydrogen-bond acceptors (Lipinski definition) is 4. The average molecular weight is 354 g/mol. The molecule has 26 heavy (non-hydrogen) atoms. The minimum atomic E-state index is -0.345. The van der Waals surface area contributed by atoms with Gasteiger partial charge >= 0.3 is 0 Å². The summed E-state index contributed by atoms with van der Waals surface area (Å²) in [7, 11) is 3.21. The zero-order valence-corrected chi connectivity index (χ0v) is 14.9. The molecular formula is C20H22N2O4. The molecule has 6 nitrogen and oxygen atoms in total. The molecule has 1 saturated heterocycles. The van der Waals surface area contributed by atoms with E-state index in [0.29, 0.717) is 13.1 Å². The van der Waals surface area contributed by atoms with E-state index >= 15 is 0 Å². The van der Waals surface area contributed by atoms with Gasteiger partial charge in [0.25, 0.3) is 0 Å².